The van der Waals surface area contributed by atoms with Gasteiger partial charge in [-0.3, -0.25) is 9.69 Å². The summed E-state index contributed by atoms with van der Waals surface area (Å²) < 4.78 is 21.8. The Morgan fingerprint density at radius 3 is 1.53 bits per heavy atom. The van der Waals surface area contributed by atoms with Gasteiger partial charge in [0.1, 0.15) is 0 Å². The maximum absolute atomic E-state index is 13.3. The van der Waals surface area contributed by atoms with Crippen molar-refractivity contribution in [2.24, 2.45) is 0 Å². The van der Waals surface area contributed by atoms with E-state index in [1.165, 1.54) is 0 Å². The Balaban J connectivity index is 2.03. The maximum Gasteiger partial charge on any atom is 0.187 e. The summed E-state index contributed by atoms with van der Waals surface area (Å²) in [6, 6.07) is 11.2. The summed E-state index contributed by atoms with van der Waals surface area (Å²) in [7, 11) is 8.36. The Hall–Kier alpha value is -3.25. The number of benzene rings is 2. The predicted octanol–water partition coefficient (Wildman–Crippen LogP) is 3.70. The third kappa shape index (κ3) is 4.33. The maximum atomic E-state index is 13.3. The van der Waals surface area contributed by atoms with Gasteiger partial charge in [0.05, 0.1) is 28.4 Å². The molecule has 6 heteroatoms. The number of nitrogens with zero attached hydrogens (tertiary/aromatic N) is 1. The normalized spacial score (nSPS) is 17.3. The van der Waals surface area contributed by atoms with Crippen LogP contribution in [0.5, 0.6) is 23.0 Å². The summed E-state index contributed by atoms with van der Waals surface area (Å²) in [5.41, 5.74) is 2.97. The van der Waals surface area contributed by atoms with Crippen LogP contribution < -0.4 is 18.9 Å². The molecule has 0 atom stereocenters. The molecule has 0 spiro atoms. The van der Waals surface area contributed by atoms with Gasteiger partial charge in [0, 0.05) is 35.4 Å². The molecule has 0 amide bonds. The highest BCUT2D eigenvalue weighted by Crippen LogP contribution is 2.35. The molecule has 1 saturated heterocycles. The molecule has 1 heterocycles. The first-order valence-electron chi connectivity index (χ1n) is 9.58. The molecule has 0 N–H and O–H groups in total. The number of piperidine rings is 1. The van der Waals surface area contributed by atoms with Crippen LogP contribution in [0, 0.1) is 0 Å². The van der Waals surface area contributed by atoms with Crippen LogP contribution in [0.25, 0.3) is 12.2 Å². The van der Waals surface area contributed by atoms with Crippen LogP contribution in [-0.4, -0.2) is 59.3 Å². The number of carbonyl (C=O) groups is 1. The lowest BCUT2D eigenvalue weighted by Gasteiger charge is -2.26. The van der Waals surface area contributed by atoms with Crippen molar-refractivity contribution >= 4 is 17.9 Å². The molecular weight excluding hydrogens is 382 g/mol. The molecule has 158 valence electrons. The van der Waals surface area contributed by atoms with Crippen LogP contribution in [0.3, 0.4) is 0 Å². The minimum atomic E-state index is 0.00264. The molecule has 3 rings (SSSR count). The number of hydrogen-bond acceptors (Lipinski definition) is 6. The van der Waals surface area contributed by atoms with Gasteiger partial charge < -0.3 is 18.9 Å². The average molecular weight is 409 g/mol. The number of carbonyl (C=O) groups excluding carboxylic acids is 1. The van der Waals surface area contributed by atoms with Crippen molar-refractivity contribution in [2.45, 2.75) is 0 Å². The second kappa shape index (κ2) is 9.50. The minimum Gasteiger partial charge on any atom is -0.493 e. The van der Waals surface area contributed by atoms with E-state index in [0.717, 1.165) is 11.1 Å². The molecule has 1 fully saturated rings. The quantitative estimate of drug-likeness (QED) is 0.678. The molecule has 1 aliphatic rings. The van der Waals surface area contributed by atoms with Crippen molar-refractivity contribution in [1.29, 1.82) is 0 Å². The third-order valence-electron chi connectivity index (χ3n) is 4.99. The van der Waals surface area contributed by atoms with Crippen molar-refractivity contribution in [3.05, 3.63) is 58.7 Å². The second-order valence-corrected chi connectivity index (χ2v) is 7.01. The molecular formula is C24H27NO5. The minimum absolute atomic E-state index is 0.00264. The highest BCUT2D eigenvalue weighted by atomic mass is 16.5. The third-order valence-corrected chi connectivity index (χ3v) is 4.99. The van der Waals surface area contributed by atoms with E-state index in [9.17, 15) is 4.79 Å². The lowest BCUT2D eigenvalue weighted by molar-refractivity contribution is -0.113. The monoisotopic (exact) mass is 409 g/mol. The number of likely N-dealkylation sites (N-methyl/N-ethyl adjacent to an activating group) is 1. The summed E-state index contributed by atoms with van der Waals surface area (Å²) in [5, 5.41) is 0. The van der Waals surface area contributed by atoms with Crippen molar-refractivity contribution < 1.29 is 23.7 Å². The molecule has 0 radical (unpaired) electrons. The van der Waals surface area contributed by atoms with E-state index in [1.807, 2.05) is 55.6 Å². The predicted molar refractivity (Wildman–Crippen MR) is 118 cm³/mol. The van der Waals surface area contributed by atoms with E-state index >= 15 is 0 Å². The van der Waals surface area contributed by atoms with Crippen LogP contribution in [0.4, 0.5) is 0 Å². The summed E-state index contributed by atoms with van der Waals surface area (Å²) in [4.78, 5) is 15.4. The Bertz CT molecular complexity index is 916. The van der Waals surface area contributed by atoms with Gasteiger partial charge in [-0.1, -0.05) is 24.3 Å². The zero-order valence-electron chi connectivity index (χ0n) is 18.0. The highest BCUT2D eigenvalue weighted by Gasteiger charge is 2.25. The lowest BCUT2D eigenvalue weighted by atomic mass is 9.94. The SMILES string of the molecule is COc1cccc(/C=C2/CN(C)C/C(=C\c3cccc(OC)c3OC)C2=O)c1OC. The van der Waals surface area contributed by atoms with Crippen LogP contribution in [-0.2, 0) is 4.79 Å². The fraction of sp³-hybridized carbons (Fsp3) is 0.292. The van der Waals surface area contributed by atoms with E-state index in [0.29, 0.717) is 47.2 Å². The molecule has 0 unspecified atom stereocenters. The Kier molecular flexibility index (Phi) is 6.79. The summed E-state index contributed by atoms with van der Waals surface area (Å²) in [6.45, 7) is 1.09. The molecule has 30 heavy (non-hydrogen) atoms. The van der Waals surface area contributed by atoms with Crippen LogP contribution in [0.15, 0.2) is 47.5 Å². The summed E-state index contributed by atoms with van der Waals surface area (Å²) in [5.74, 6) is 2.46. The molecule has 0 aromatic heterocycles. The fourth-order valence-electron chi connectivity index (χ4n) is 3.64. The number of ketones is 1. The Morgan fingerprint density at radius 1 is 0.733 bits per heavy atom. The Labute approximate surface area is 177 Å². The van der Waals surface area contributed by atoms with Crippen LogP contribution >= 0.6 is 0 Å². The van der Waals surface area contributed by atoms with Gasteiger partial charge in [0.25, 0.3) is 0 Å². The zero-order valence-corrected chi connectivity index (χ0v) is 18.0. The first kappa shape index (κ1) is 21.5. The largest absolute Gasteiger partial charge is 0.493 e. The number of Topliss-reactive ketones (excluding diaryl/α,β-unsaturated/α-hetero) is 1. The zero-order chi connectivity index (χ0) is 21.7. The van der Waals surface area contributed by atoms with E-state index in [-0.39, 0.29) is 5.78 Å². The van der Waals surface area contributed by atoms with Gasteiger partial charge in [0.15, 0.2) is 28.8 Å². The van der Waals surface area contributed by atoms with Gasteiger partial charge in [-0.05, 0) is 31.3 Å². The number of methoxy groups -OCH3 is 4. The van der Waals surface area contributed by atoms with Crippen molar-refractivity contribution in [1.82, 2.24) is 4.90 Å². The van der Waals surface area contributed by atoms with E-state index < -0.39 is 0 Å². The molecule has 0 aliphatic carbocycles. The van der Waals surface area contributed by atoms with E-state index in [2.05, 4.69) is 4.90 Å². The Morgan fingerprint density at radius 2 is 1.17 bits per heavy atom. The molecule has 6 nitrogen and oxygen atoms in total. The standard InChI is InChI=1S/C24H27NO5/c1-25-14-18(12-16-8-6-10-20(27-2)23(16)29-4)22(26)19(15-25)13-17-9-7-11-21(28-3)24(17)30-5/h6-13H,14-15H2,1-5H3/b18-12-,19-13+. The second-order valence-electron chi connectivity index (χ2n) is 7.01. The first-order valence-corrected chi connectivity index (χ1v) is 9.58. The van der Waals surface area contributed by atoms with Gasteiger partial charge in [0.2, 0.25) is 0 Å². The molecule has 0 bridgehead atoms. The van der Waals surface area contributed by atoms with Crippen molar-refractivity contribution in [2.75, 3.05) is 48.6 Å². The smallest absolute Gasteiger partial charge is 0.187 e. The van der Waals surface area contributed by atoms with Crippen molar-refractivity contribution in [3.63, 3.8) is 0 Å². The van der Waals surface area contributed by atoms with Gasteiger partial charge in [-0.2, -0.15) is 0 Å². The fourth-order valence-corrected chi connectivity index (χ4v) is 3.64. The molecule has 1 aliphatic heterocycles. The molecule has 0 saturated carbocycles. The topological polar surface area (TPSA) is 57.2 Å². The van der Waals surface area contributed by atoms with E-state index in [4.69, 9.17) is 18.9 Å². The number of hydrogen-bond donors (Lipinski definition) is 0. The van der Waals surface area contributed by atoms with Crippen LogP contribution in [0.2, 0.25) is 0 Å². The van der Waals surface area contributed by atoms with Gasteiger partial charge in [-0.15, -0.1) is 0 Å². The number of ether oxygens (including phenoxy) is 4. The molecule has 2 aromatic carbocycles. The first-order chi connectivity index (χ1) is 14.5. The number of rotatable bonds is 6. The number of para-hydroxylation sites is 2. The van der Waals surface area contributed by atoms with Gasteiger partial charge >= 0.3 is 0 Å². The summed E-state index contributed by atoms with van der Waals surface area (Å²) in [6.07, 6.45) is 3.74. The summed E-state index contributed by atoms with van der Waals surface area (Å²) >= 11 is 0. The van der Waals surface area contributed by atoms with E-state index in [1.54, 1.807) is 28.4 Å². The van der Waals surface area contributed by atoms with Crippen LogP contribution in [0.1, 0.15) is 11.1 Å². The average Bonchev–Trinajstić information content (AvgIpc) is 2.76. The lowest BCUT2D eigenvalue weighted by Crippen LogP contribution is -2.34. The molecule has 2 aromatic rings. The highest BCUT2D eigenvalue weighted by molar-refractivity contribution is 6.14. The van der Waals surface area contributed by atoms with Gasteiger partial charge in [-0.25, -0.2) is 0 Å². The number of likely N-dealkylation sites (tertiary alicyclic amines) is 1. The van der Waals surface area contributed by atoms with Crippen molar-refractivity contribution in [3.8, 4) is 23.0 Å².